The normalized spacial score (nSPS) is 23.3. The Morgan fingerprint density at radius 3 is 2.57 bits per heavy atom. The molecule has 0 saturated carbocycles. The molecule has 6 bridgehead atoms. The first kappa shape index (κ1) is 46.6. The number of aryl methyl sites for hydroxylation is 1. The largest absolute Gasteiger partial charge is 0.464 e. The maximum atomic E-state index is 14.9. The number of amides is 4. The number of aromatic nitrogens is 3. The third kappa shape index (κ3) is 9.03. The first-order chi connectivity index (χ1) is 30.9. The van der Waals surface area contributed by atoms with Gasteiger partial charge in [-0.3, -0.25) is 24.4 Å². The molecule has 3 fully saturated rings. The molecule has 4 amide bonds. The van der Waals surface area contributed by atoms with Crippen molar-refractivity contribution in [1.82, 2.24) is 45.0 Å². The summed E-state index contributed by atoms with van der Waals surface area (Å²) in [6.07, 6.45) is 4.20. The van der Waals surface area contributed by atoms with Crippen molar-refractivity contribution in [3.8, 4) is 22.5 Å². The molecule has 4 aromatic rings. The van der Waals surface area contributed by atoms with Crippen molar-refractivity contribution in [3.63, 3.8) is 0 Å². The fourth-order valence-electron chi connectivity index (χ4n) is 10.8. The molecule has 4 aliphatic heterocycles. The van der Waals surface area contributed by atoms with Crippen LogP contribution in [0.5, 0.6) is 0 Å². The summed E-state index contributed by atoms with van der Waals surface area (Å²) in [6.45, 7) is 18.3. The van der Waals surface area contributed by atoms with E-state index in [-0.39, 0.29) is 36.5 Å². The minimum absolute atomic E-state index is 0.0830. The molecule has 1 aromatic carbocycles. The molecule has 2 N–H and O–H groups in total. The Hall–Kier alpha value is -4.90. The number of hydrogen-bond acceptors (Lipinski definition) is 11. The van der Waals surface area contributed by atoms with Gasteiger partial charge in [0.25, 0.3) is 5.91 Å². The molecule has 0 radical (unpaired) electrons. The number of likely N-dealkylation sites (N-methyl/N-ethyl adjacent to an activating group) is 1. The zero-order valence-corrected chi connectivity index (χ0v) is 40.6. The van der Waals surface area contributed by atoms with Crippen LogP contribution in [0.4, 0.5) is 4.79 Å². The first-order valence-corrected chi connectivity index (χ1v) is 24.1. The molecule has 8 rings (SSSR count). The first-order valence-electron chi connectivity index (χ1n) is 23.2. The highest BCUT2D eigenvalue weighted by atomic mass is 32.1. The van der Waals surface area contributed by atoms with E-state index >= 15 is 0 Å². The molecule has 3 aromatic heterocycles. The number of hydrogen-bond donors (Lipinski definition) is 2. The van der Waals surface area contributed by atoms with E-state index in [0.717, 1.165) is 64.2 Å². The molecule has 65 heavy (non-hydrogen) atoms. The van der Waals surface area contributed by atoms with Crippen LogP contribution in [0.2, 0.25) is 0 Å². The number of thiazole rings is 1. The molecular weight excluding hydrogens is 843 g/mol. The van der Waals surface area contributed by atoms with Crippen molar-refractivity contribution in [1.29, 1.82) is 0 Å². The van der Waals surface area contributed by atoms with Crippen molar-refractivity contribution in [3.05, 3.63) is 58.2 Å². The van der Waals surface area contributed by atoms with Gasteiger partial charge in [0.15, 0.2) is 0 Å². The van der Waals surface area contributed by atoms with Crippen LogP contribution in [0.1, 0.15) is 90.1 Å². The van der Waals surface area contributed by atoms with Gasteiger partial charge in [-0.25, -0.2) is 15.2 Å². The van der Waals surface area contributed by atoms with Gasteiger partial charge in [0.05, 0.1) is 34.8 Å². The highest BCUT2D eigenvalue weighted by Crippen LogP contribution is 2.43. The lowest BCUT2D eigenvalue weighted by Gasteiger charge is -2.46. The summed E-state index contributed by atoms with van der Waals surface area (Å²) in [5.74, 6) is -1.52. The second-order valence-corrected chi connectivity index (χ2v) is 21.3. The molecule has 16 heteroatoms. The third-order valence-electron chi connectivity index (χ3n) is 14.1. The van der Waals surface area contributed by atoms with Crippen LogP contribution in [0.25, 0.3) is 33.4 Å². The van der Waals surface area contributed by atoms with Gasteiger partial charge in [0.2, 0.25) is 5.91 Å². The number of methoxy groups -OCH3 is 1. The molecule has 0 aliphatic carbocycles. The lowest BCUT2D eigenvalue weighted by Crippen LogP contribution is -2.67. The standard InChI is InChI=1S/C49H67N9O6S/c1-11-57-38-17-16-32-22-34(38)35(42(57)33-14-12-19-50-40(33)31(4)63-10)23-47(5,6)29-64-44(60)36-15-13-20-58(53-36)45(61)48(7,24-39-51-37(32)25-65-39)52-43(59)41(30(2)3)55(9)46(62)56-21-18-49(28-56)26-54(8)27-49/h12,14,16-17,19,22,25,30-31,36,41,53H,11,13,15,18,20-21,23-24,26-29H2,1-10H3,(H,52,59)/t31-,36-,41-,48+/m0/s1. The summed E-state index contributed by atoms with van der Waals surface area (Å²) < 4.78 is 14.3. The molecule has 7 heterocycles. The number of nitrogens with zero attached hydrogens (tertiary/aromatic N) is 7. The van der Waals surface area contributed by atoms with Gasteiger partial charge < -0.3 is 34.1 Å². The van der Waals surface area contributed by atoms with Gasteiger partial charge >= 0.3 is 12.0 Å². The van der Waals surface area contributed by atoms with Crippen LogP contribution >= 0.6 is 11.3 Å². The van der Waals surface area contributed by atoms with Crippen molar-refractivity contribution in [2.75, 3.05) is 60.5 Å². The second-order valence-electron chi connectivity index (χ2n) is 20.4. The number of benzene rings is 1. The van der Waals surface area contributed by atoms with Crippen LogP contribution in [-0.4, -0.2) is 136 Å². The number of urea groups is 1. The van der Waals surface area contributed by atoms with E-state index in [2.05, 4.69) is 72.3 Å². The van der Waals surface area contributed by atoms with E-state index in [1.807, 2.05) is 37.1 Å². The summed E-state index contributed by atoms with van der Waals surface area (Å²) in [6, 6.07) is 8.68. The lowest BCUT2D eigenvalue weighted by molar-refractivity contribution is -0.157. The number of carbonyl (C=O) groups excluding carboxylic acids is 4. The summed E-state index contributed by atoms with van der Waals surface area (Å²) >= 11 is 1.44. The Morgan fingerprint density at radius 2 is 1.86 bits per heavy atom. The molecule has 4 atom stereocenters. The number of fused-ring (bicyclic) bond motifs is 6. The predicted octanol–water partition coefficient (Wildman–Crippen LogP) is 6.31. The summed E-state index contributed by atoms with van der Waals surface area (Å²) in [5, 5.41) is 8.34. The number of ether oxygens (including phenoxy) is 2. The van der Waals surface area contributed by atoms with Crippen LogP contribution in [0, 0.1) is 16.7 Å². The van der Waals surface area contributed by atoms with E-state index in [0.29, 0.717) is 50.4 Å². The molecule has 350 valence electrons. The van der Waals surface area contributed by atoms with Gasteiger partial charge in [0.1, 0.15) is 17.6 Å². The number of esters is 1. The minimum atomic E-state index is -1.51. The quantitative estimate of drug-likeness (QED) is 0.193. The van der Waals surface area contributed by atoms with Crippen molar-refractivity contribution in [2.24, 2.45) is 16.7 Å². The number of carbonyl (C=O) groups is 4. The Balaban J connectivity index is 1.18. The van der Waals surface area contributed by atoms with Crippen LogP contribution < -0.4 is 10.7 Å². The van der Waals surface area contributed by atoms with Gasteiger partial charge in [0, 0.05) is 104 Å². The SMILES string of the molecule is CCn1c(-c2cccnc2[C@H](C)OC)c2c3cc(ccc31)-c1csc(n1)C[C@@](C)(NC(=O)[C@H](C(C)C)N(C)C(=O)N1CCC3(CN(C)C3)C1)C(=O)N1CCC[C@H](N1)C(=O)OCC(C)(C)C2. The minimum Gasteiger partial charge on any atom is -0.464 e. The van der Waals surface area contributed by atoms with E-state index in [1.165, 1.54) is 16.3 Å². The smallest absolute Gasteiger partial charge is 0.324 e. The van der Waals surface area contributed by atoms with E-state index in [1.54, 1.807) is 32.2 Å². The fourth-order valence-corrected chi connectivity index (χ4v) is 11.8. The highest BCUT2D eigenvalue weighted by Gasteiger charge is 2.49. The number of likely N-dealkylation sites (tertiary alicyclic amines) is 2. The van der Waals surface area contributed by atoms with E-state index < -0.39 is 40.8 Å². The van der Waals surface area contributed by atoms with Gasteiger partial charge in [-0.1, -0.05) is 33.8 Å². The Bertz CT molecular complexity index is 2460. The monoisotopic (exact) mass is 909 g/mol. The number of rotatable bonds is 8. The van der Waals surface area contributed by atoms with E-state index in [4.69, 9.17) is 19.4 Å². The van der Waals surface area contributed by atoms with Crippen LogP contribution in [0.3, 0.4) is 0 Å². The predicted molar refractivity (Wildman–Crippen MR) is 252 cm³/mol. The Kier molecular flexibility index (Phi) is 13.0. The van der Waals surface area contributed by atoms with Gasteiger partial charge in [-0.15, -0.1) is 11.3 Å². The molecule has 15 nitrogen and oxygen atoms in total. The average Bonchev–Trinajstić information content (AvgIpc) is 4.00. The second kappa shape index (κ2) is 18.1. The zero-order chi connectivity index (χ0) is 46.6. The van der Waals surface area contributed by atoms with Crippen molar-refractivity contribution in [2.45, 2.75) is 111 Å². The van der Waals surface area contributed by atoms with Gasteiger partial charge in [-0.05, 0) is 89.2 Å². The van der Waals surface area contributed by atoms with E-state index in [9.17, 15) is 19.2 Å². The number of nitrogens with one attached hydrogen (secondary N) is 2. The maximum Gasteiger partial charge on any atom is 0.324 e. The zero-order valence-electron chi connectivity index (χ0n) is 39.8. The summed E-state index contributed by atoms with van der Waals surface area (Å²) in [7, 11) is 5.47. The number of cyclic esters (lactones) is 1. The molecule has 1 spiro atoms. The maximum absolute atomic E-state index is 14.9. The van der Waals surface area contributed by atoms with Gasteiger partial charge in [-0.2, -0.15) is 0 Å². The Morgan fingerprint density at radius 1 is 1.09 bits per heavy atom. The Labute approximate surface area is 387 Å². The molecule has 4 aliphatic rings. The topological polar surface area (TPSA) is 154 Å². The summed E-state index contributed by atoms with van der Waals surface area (Å²) in [5.41, 5.74) is 8.04. The highest BCUT2D eigenvalue weighted by molar-refractivity contribution is 7.10. The van der Waals surface area contributed by atoms with Crippen molar-refractivity contribution < 1.29 is 28.7 Å². The molecular formula is C49H67N9O6S. The molecule has 0 unspecified atom stereocenters. The van der Waals surface area contributed by atoms with Crippen LogP contribution in [0.15, 0.2) is 41.9 Å². The summed E-state index contributed by atoms with van der Waals surface area (Å²) in [4.78, 5) is 73.3. The molecule has 3 saturated heterocycles. The third-order valence-corrected chi connectivity index (χ3v) is 14.9. The average molecular weight is 910 g/mol. The van der Waals surface area contributed by atoms with Crippen LogP contribution in [-0.2, 0) is 43.2 Å². The number of pyridine rings is 1. The fraction of sp³-hybridized carbons (Fsp3) is 0.592. The lowest BCUT2D eigenvalue weighted by atomic mass is 9.79. The number of hydrazine groups is 1. The van der Waals surface area contributed by atoms with Crippen molar-refractivity contribution >= 4 is 46.1 Å².